The van der Waals surface area contributed by atoms with Crippen LogP contribution in [0.15, 0.2) is 23.8 Å². The summed E-state index contributed by atoms with van der Waals surface area (Å²) in [7, 11) is 4.69. The molecule has 11 nitrogen and oxygen atoms in total. The van der Waals surface area contributed by atoms with Gasteiger partial charge in [-0.2, -0.15) is 0 Å². The van der Waals surface area contributed by atoms with Crippen LogP contribution in [0.1, 0.15) is 32.3 Å². The predicted octanol–water partition coefficient (Wildman–Crippen LogP) is 2.55. The lowest BCUT2D eigenvalue weighted by Crippen LogP contribution is -2.54. The minimum Gasteiger partial charge on any atom is -0.369 e. The molecule has 0 unspecified atom stereocenters. The van der Waals surface area contributed by atoms with Gasteiger partial charge in [0.15, 0.2) is 6.29 Å². The highest BCUT2D eigenvalue weighted by Crippen LogP contribution is 2.28. The first kappa shape index (κ1) is 25.9. The molecule has 0 aromatic heterocycles. The van der Waals surface area contributed by atoms with Gasteiger partial charge < -0.3 is 14.4 Å². The number of nitro benzene ring substituents is 1. The first-order valence-corrected chi connectivity index (χ1v) is 10.5. The Hall–Kier alpha value is -3.31. The largest absolute Gasteiger partial charge is 0.369 e. The lowest BCUT2D eigenvalue weighted by Gasteiger charge is -2.28. The zero-order valence-corrected chi connectivity index (χ0v) is 19.5. The number of urea groups is 1. The molecule has 180 valence electrons. The summed E-state index contributed by atoms with van der Waals surface area (Å²) in [5, 5.41) is 13.5. The van der Waals surface area contributed by atoms with Crippen LogP contribution in [0.2, 0.25) is 0 Å². The molecule has 1 aliphatic rings. The maximum absolute atomic E-state index is 13.0. The minimum absolute atomic E-state index is 0.165. The number of nitrogens with zero attached hydrogens (tertiary/aromatic N) is 3. The van der Waals surface area contributed by atoms with Crippen molar-refractivity contribution in [3.8, 4) is 0 Å². The number of non-ortho nitro benzene ring substituents is 1. The Morgan fingerprint density at radius 3 is 2.45 bits per heavy atom. The zero-order valence-electron chi connectivity index (χ0n) is 19.5. The van der Waals surface area contributed by atoms with E-state index in [4.69, 9.17) is 9.47 Å². The number of ether oxygens (including phenoxy) is 2. The van der Waals surface area contributed by atoms with Crippen molar-refractivity contribution in [2.24, 2.45) is 5.92 Å². The molecular formula is C22H30N4O7. The van der Waals surface area contributed by atoms with Gasteiger partial charge >= 0.3 is 6.03 Å². The van der Waals surface area contributed by atoms with Gasteiger partial charge in [0.1, 0.15) is 5.57 Å². The third kappa shape index (κ3) is 6.59. The fourth-order valence-corrected chi connectivity index (χ4v) is 3.40. The van der Waals surface area contributed by atoms with E-state index in [0.29, 0.717) is 18.0 Å². The topological polar surface area (TPSA) is 131 Å². The molecule has 11 heteroatoms. The first-order chi connectivity index (χ1) is 15.6. The van der Waals surface area contributed by atoms with E-state index in [2.05, 4.69) is 5.32 Å². The second kappa shape index (κ2) is 11.5. The van der Waals surface area contributed by atoms with E-state index in [1.165, 1.54) is 38.5 Å². The minimum atomic E-state index is -0.850. The van der Waals surface area contributed by atoms with Gasteiger partial charge in [-0.1, -0.05) is 13.8 Å². The van der Waals surface area contributed by atoms with E-state index in [9.17, 15) is 24.5 Å². The van der Waals surface area contributed by atoms with Crippen LogP contribution in [0.25, 0.3) is 6.08 Å². The molecule has 0 radical (unpaired) electrons. The Labute approximate surface area is 192 Å². The number of nitrogens with one attached hydrogen (secondary N) is 1. The van der Waals surface area contributed by atoms with Gasteiger partial charge in [0.05, 0.1) is 11.5 Å². The molecule has 1 heterocycles. The van der Waals surface area contributed by atoms with E-state index in [0.717, 1.165) is 11.3 Å². The van der Waals surface area contributed by atoms with Gasteiger partial charge in [-0.25, -0.2) is 4.79 Å². The first-order valence-electron chi connectivity index (χ1n) is 10.5. The van der Waals surface area contributed by atoms with Crippen LogP contribution in [0.3, 0.4) is 0 Å². The molecule has 0 aliphatic carbocycles. The smallest absolute Gasteiger partial charge is 0.331 e. The molecule has 1 aromatic carbocycles. The molecule has 0 spiro atoms. The molecule has 4 amide bonds. The normalized spacial score (nSPS) is 15.5. The molecule has 1 saturated heterocycles. The third-order valence-corrected chi connectivity index (χ3v) is 5.23. The fraction of sp³-hybridized carbons (Fsp3) is 0.500. The quantitative estimate of drug-likeness (QED) is 0.174. The number of hydrogen-bond donors (Lipinski definition) is 1. The number of barbiturate groups is 1. The molecule has 1 aromatic rings. The summed E-state index contributed by atoms with van der Waals surface area (Å²) in [4.78, 5) is 51.2. The van der Waals surface area contributed by atoms with Crippen LogP contribution < -0.4 is 10.2 Å². The van der Waals surface area contributed by atoms with E-state index < -0.39 is 29.1 Å². The molecule has 2 rings (SSSR count). The lowest BCUT2D eigenvalue weighted by atomic mass is 10.0. The molecule has 1 fully saturated rings. The summed E-state index contributed by atoms with van der Waals surface area (Å²) < 4.78 is 10.4. The second-order valence-corrected chi connectivity index (χ2v) is 8.09. The molecule has 0 atom stereocenters. The highest BCUT2D eigenvalue weighted by atomic mass is 16.7. The average Bonchev–Trinajstić information content (AvgIpc) is 2.76. The number of carbonyl (C=O) groups excluding carboxylic acids is 3. The van der Waals surface area contributed by atoms with Crippen LogP contribution in [-0.4, -0.2) is 68.3 Å². The Bertz CT molecular complexity index is 941. The van der Waals surface area contributed by atoms with E-state index >= 15 is 0 Å². The number of benzene rings is 1. The third-order valence-electron chi connectivity index (χ3n) is 5.23. The van der Waals surface area contributed by atoms with Crippen molar-refractivity contribution in [2.45, 2.75) is 33.0 Å². The monoisotopic (exact) mass is 462 g/mol. The summed E-state index contributed by atoms with van der Waals surface area (Å²) in [6.07, 6.45) is 2.11. The van der Waals surface area contributed by atoms with E-state index in [1.54, 1.807) is 11.9 Å². The summed E-state index contributed by atoms with van der Waals surface area (Å²) in [6, 6.07) is 3.34. The number of nitro groups is 1. The number of likely N-dealkylation sites (N-methyl/N-ethyl adjacent to an activating group) is 1. The molecule has 33 heavy (non-hydrogen) atoms. The second-order valence-electron chi connectivity index (χ2n) is 8.09. The van der Waals surface area contributed by atoms with Crippen molar-refractivity contribution in [3.05, 3.63) is 39.4 Å². The van der Waals surface area contributed by atoms with Gasteiger partial charge in [-0.3, -0.25) is 29.9 Å². The Balaban J connectivity index is 2.45. The standard InChI is InChI=1S/C22H30N4O7/c1-14(2)7-6-10-25-21(28)17(20(27)23-22(25)29)12-15-11-16(26(30)31)8-9-18(15)24(3)13-19(32-4)33-5/h8-9,11-12,14,19H,6-7,10,13H2,1-5H3,(H,23,27,29)/b17-12+. The summed E-state index contributed by atoms with van der Waals surface area (Å²) >= 11 is 0. The van der Waals surface area contributed by atoms with Gasteiger partial charge in [0.2, 0.25) is 0 Å². The van der Waals surface area contributed by atoms with Crippen LogP contribution in [0, 0.1) is 16.0 Å². The van der Waals surface area contributed by atoms with Gasteiger partial charge in [0, 0.05) is 51.2 Å². The van der Waals surface area contributed by atoms with Crippen molar-refractivity contribution in [2.75, 3.05) is 39.3 Å². The molecule has 0 saturated carbocycles. The SMILES string of the molecule is COC(CN(C)c1ccc([N+](=O)[O-])cc1/C=C1\C(=O)NC(=O)N(CCCC(C)C)C1=O)OC. The summed E-state index contributed by atoms with van der Waals surface area (Å²) in [5.74, 6) is -1.19. The summed E-state index contributed by atoms with van der Waals surface area (Å²) in [5.41, 5.74) is 0.301. The van der Waals surface area contributed by atoms with Crippen LogP contribution in [0.4, 0.5) is 16.2 Å². The van der Waals surface area contributed by atoms with Crippen molar-refractivity contribution in [3.63, 3.8) is 0 Å². The molecule has 1 N–H and O–H groups in total. The highest BCUT2D eigenvalue weighted by Gasteiger charge is 2.35. The van der Waals surface area contributed by atoms with E-state index in [1.807, 2.05) is 13.8 Å². The van der Waals surface area contributed by atoms with Crippen molar-refractivity contribution >= 4 is 35.3 Å². The maximum atomic E-state index is 13.0. The van der Waals surface area contributed by atoms with Crippen molar-refractivity contribution in [1.82, 2.24) is 10.2 Å². The summed E-state index contributed by atoms with van der Waals surface area (Å²) in [6.45, 7) is 4.51. The molecular weight excluding hydrogens is 432 g/mol. The Morgan fingerprint density at radius 2 is 1.88 bits per heavy atom. The van der Waals surface area contributed by atoms with Crippen molar-refractivity contribution < 1.29 is 28.8 Å². The Kier molecular flexibility index (Phi) is 9.06. The maximum Gasteiger partial charge on any atom is 0.331 e. The number of anilines is 1. The zero-order chi connectivity index (χ0) is 24.7. The van der Waals surface area contributed by atoms with Crippen LogP contribution in [0.5, 0.6) is 0 Å². The van der Waals surface area contributed by atoms with Crippen LogP contribution >= 0.6 is 0 Å². The number of carbonyl (C=O) groups is 3. The van der Waals surface area contributed by atoms with Gasteiger partial charge in [0.25, 0.3) is 17.5 Å². The number of hydrogen-bond acceptors (Lipinski definition) is 8. The van der Waals surface area contributed by atoms with Crippen LogP contribution in [-0.2, 0) is 19.1 Å². The Morgan fingerprint density at radius 1 is 1.21 bits per heavy atom. The molecule has 1 aliphatic heterocycles. The van der Waals surface area contributed by atoms with Gasteiger partial charge in [-0.15, -0.1) is 0 Å². The van der Waals surface area contributed by atoms with E-state index in [-0.39, 0.29) is 29.9 Å². The lowest BCUT2D eigenvalue weighted by molar-refractivity contribution is -0.384. The number of methoxy groups -OCH3 is 2. The number of amides is 4. The molecule has 0 bridgehead atoms. The number of rotatable bonds is 11. The average molecular weight is 463 g/mol. The van der Waals surface area contributed by atoms with Crippen molar-refractivity contribution in [1.29, 1.82) is 0 Å². The number of imide groups is 2. The predicted molar refractivity (Wildman–Crippen MR) is 121 cm³/mol. The van der Waals surface area contributed by atoms with Gasteiger partial charge in [-0.05, 0) is 30.9 Å². The highest BCUT2D eigenvalue weighted by molar-refractivity contribution is 6.31. The fourth-order valence-electron chi connectivity index (χ4n) is 3.40.